The van der Waals surface area contributed by atoms with Gasteiger partial charge in [-0.3, -0.25) is 0 Å². The Hall–Kier alpha value is -0.570. The van der Waals surface area contributed by atoms with Crippen LogP contribution in [0.25, 0.3) is 0 Å². The summed E-state index contributed by atoms with van der Waals surface area (Å²) in [6, 6.07) is -0.809. The molecule has 4 heteroatoms. The minimum Gasteiger partial charge on any atom is -0.324 e. The molecule has 0 amide bonds. The normalized spacial score (nSPS) is 12.1. The molecule has 1 rings (SSSR count). The number of nitrogens with zero attached hydrogens (tertiary/aromatic N) is 1. The number of aromatic nitrogens is 1. The first kappa shape index (κ1) is 8.53. The third-order valence-electron chi connectivity index (χ3n) is 1.31. The standard InChI is InChI=1S/C7H9ClFNO/c1-7(2,3)5-4(8)6(9)11-10-5/h1-3H3. The summed E-state index contributed by atoms with van der Waals surface area (Å²) < 4.78 is 16.8. The van der Waals surface area contributed by atoms with Crippen LogP contribution < -0.4 is 0 Å². The fraction of sp³-hybridized carbons (Fsp3) is 0.571. The maximum atomic E-state index is 12.5. The van der Waals surface area contributed by atoms with Gasteiger partial charge in [0.1, 0.15) is 10.7 Å². The number of rotatable bonds is 0. The van der Waals surface area contributed by atoms with Gasteiger partial charge in [-0.25, -0.2) is 0 Å². The molecule has 0 N–H and O–H groups in total. The lowest BCUT2D eigenvalue weighted by Crippen LogP contribution is -2.11. The van der Waals surface area contributed by atoms with E-state index < -0.39 is 6.01 Å². The smallest absolute Gasteiger partial charge is 0.324 e. The highest BCUT2D eigenvalue weighted by Gasteiger charge is 2.24. The summed E-state index contributed by atoms with van der Waals surface area (Å²) in [4.78, 5) is 0. The van der Waals surface area contributed by atoms with Crippen LogP contribution in [-0.4, -0.2) is 5.16 Å². The zero-order valence-electron chi connectivity index (χ0n) is 6.61. The van der Waals surface area contributed by atoms with E-state index in [1.807, 2.05) is 20.8 Å². The molecule has 1 aromatic heterocycles. The second-order valence-electron chi connectivity index (χ2n) is 3.37. The highest BCUT2D eigenvalue weighted by Crippen LogP contribution is 2.29. The van der Waals surface area contributed by atoms with Gasteiger partial charge in [0.25, 0.3) is 0 Å². The molecule has 2 nitrogen and oxygen atoms in total. The predicted octanol–water partition coefficient (Wildman–Crippen LogP) is 2.76. The van der Waals surface area contributed by atoms with Gasteiger partial charge in [-0.15, -0.1) is 0 Å². The first-order valence-corrected chi connectivity index (χ1v) is 3.62. The average molecular weight is 178 g/mol. The van der Waals surface area contributed by atoms with E-state index in [2.05, 4.69) is 9.68 Å². The second-order valence-corrected chi connectivity index (χ2v) is 3.75. The van der Waals surface area contributed by atoms with Gasteiger partial charge in [0.15, 0.2) is 0 Å². The summed E-state index contributed by atoms with van der Waals surface area (Å²) in [6.45, 7) is 5.66. The Kier molecular flexibility index (Phi) is 1.92. The highest BCUT2D eigenvalue weighted by molar-refractivity contribution is 6.31. The molecule has 0 aliphatic carbocycles. The SMILES string of the molecule is CC(C)(C)c1noc(F)c1Cl. The van der Waals surface area contributed by atoms with Crippen molar-refractivity contribution >= 4 is 11.6 Å². The van der Waals surface area contributed by atoms with E-state index in [0.29, 0.717) is 5.69 Å². The van der Waals surface area contributed by atoms with Crippen LogP contribution in [0.1, 0.15) is 26.5 Å². The van der Waals surface area contributed by atoms with Crippen LogP contribution in [0.2, 0.25) is 5.02 Å². The van der Waals surface area contributed by atoms with Gasteiger partial charge in [0, 0.05) is 5.41 Å². The molecule has 11 heavy (non-hydrogen) atoms. The zero-order chi connectivity index (χ0) is 8.65. The molecule has 0 bridgehead atoms. The molecule has 1 aromatic rings. The first-order valence-electron chi connectivity index (χ1n) is 3.24. The highest BCUT2D eigenvalue weighted by atomic mass is 35.5. The fourth-order valence-corrected chi connectivity index (χ4v) is 1.08. The quantitative estimate of drug-likeness (QED) is 0.609. The van der Waals surface area contributed by atoms with E-state index >= 15 is 0 Å². The van der Waals surface area contributed by atoms with Crippen LogP contribution in [0, 0.1) is 6.01 Å². The molecule has 0 saturated carbocycles. The monoisotopic (exact) mass is 177 g/mol. The van der Waals surface area contributed by atoms with Crippen molar-refractivity contribution in [1.82, 2.24) is 5.16 Å². The van der Waals surface area contributed by atoms with E-state index in [1.165, 1.54) is 0 Å². The summed E-state index contributed by atoms with van der Waals surface area (Å²) in [7, 11) is 0. The molecule has 0 aliphatic rings. The Morgan fingerprint density at radius 3 is 2.18 bits per heavy atom. The summed E-state index contributed by atoms with van der Waals surface area (Å²) in [6.07, 6.45) is 0. The van der Waals surface area contributed by atoms with Gasteiger partial charge in [-0.1, -0.05) is 37.5 Å². The second kappa shape index (κ2) is 2.48. The minimum absolute atomic E-state index is 0.0162. The summed E-state index contributed by atoms with van der Waals surface area (Å²) in [5.41, 5.74) is 0.182. The third-order valence-corrected chi connectivity index (χ3v) is 1.64. The Labute approximate surface area is 69.3 Å². The van der Waals surface area contributed by atoms with Crippen molar-refractivity contribution in [2.75, 3.05) is 0 Å². The molecule has 0 fully saturated rings. The molecular weight excluding hydrogens is 169 g/mol. The lowest BCUT2D eigenvalue weighted by molar-refractivity contribution is 0.276. The molecule has 0 aliphatic heterocycles. The van der Waals surface area contributed by atoms with Crippen molar-refractivity contribution in [3.05, 3.63) is 16.7 Å². The molecule has 0 atom stereocenters. The lowest BCUT2D eigenvalue weighted by atomic mass is 9.92. The third kappa shape index (κ3) is 1.53. The number of halogens is 2. The van der Waals surface area contributed by atoms with Crippen LogP contribution in [0.3, 0.4) is 0 Å². The fourth-order valence-electron chi connectivity index (χ4n) is 0.725. The molecule has 0 spiro atoms. The van der Waals surface area contributed by atoms with Crippen molar-refractivity contribution < 1.29 is 8.91 Å². The lowest BCUT2D eigenvalue weighted by Gasteiger charge is -2.13. The Morgan fingerprint density at radius 1 is 1.45 bits per heavy atom. The van der Waals surface area contributed by atoms with E-state index in [-0.39, 0.29) is 10.4 Å². The van der Waals surface area contributed by atoms with Gasteiger partial charge in [0.2, 0.25) is 0 Å². The van der Waals surface area contributed by atoms with E-state index in [1.54, 1.807) is 0 Å². The Bertz CT molecular complexity index is 264. The van der Waals surface area contributed by atoms with Crippen LogP contribution >= 0.6 is 11.6 Å². The van der Waals surface area contributed by atoms with Crippen LogP contribution in [-0.2, 0) is 5.41 Å². The topological polar surface area (TPSA) is 26.0 Å². The molecular formula is C7H9ClFNO. The van der Waals surface area contributed by atoms with Crippen molar-refractivity contribution in [3.8, 4) is 0 Å². The molecule has 0 radical (unpaired) electrons. The van der Waals surface area contributed by atoms with Crippen molar-refractivity contribution in [3.63, 3.8) is 0 Å². The van der Waals surface area contributed by atoms with E-state index in [0.717, 1.165) is 0 Å². The largest absolute Gasteiger partial charge is 0.324 e. The molecule has 0 unspecified atom stereocenters. The van der Waals surface area contributed by atoms with Gasteiger partial charge < -0.3 is 4.52 Å². The summed E-state index contributed by atoms with van der Waals surface area (Å²) in [5.74, 6) is 0. The molecule has 62 valence electrons. The van der Waals surface area contributed by atoms with Crippen LogP contribution in [0.15, 0.2) is 4.52 Å². The van der Waals surface area contributed by atoms with E-state index in [4.69, 9.17) is 11.6 Å². The molecule has 0 aromatic carbocycles. The maximum absolute atomic E-state index is 12.5. The van der Waals surface area contributed by atoms with Gasteiger partial charge >= 0.3 is 6.01 Å². The molecule has 1 heterocycles. The van der Waals surface area contributed by atoms with Gasteiger partial charge in [0.05, 0.1) is 0 Å². The van der Waals surface area contributed by atoms with Crippen molar-refractivity contribution in [2.45, 2.75) is 26.2 Å². The minimum atomic E-state index is -0.809. The average Bonchev–Trinajstić information content (AvgIpc) is 2.11. The predicted molar refractivity (Wildman–Crippen MR) is 40.2 cm³/mol. The summed E-state index contributed by atoms with van der Waals surface area (Å²) >= 11 is 5.56. The van der Waals surface area contributed by atoms with Crippen LogP contribution in [0.5, 0.6) is 0 Å². The summed E-state index contributed by atoms with van der Waals surface area (Å²) in [5, 5.41) is 3.49. The first-order chi connectivity index (χ1) is 4.93. The Balaban J connectivity index is 3.15. The Morgan fingerprint density at radius 2 is 2.00 bits per heavy atom. The zero-order valence-corrected chi connectivity index (χ0v) is 7.37. The van der Waals surface area contributed by atoms with Gasteiger partial charge in [-0.2, -0.15) is 4.39 Å². The van der Waals surface area contributed by atoms with Crippen molar-refractivity contribution in [1.29, 1.82) is 0 Å². The number of hydrogen-bond donors (Lipinski definition) is 0. The van der Waals surface area contributed by atoms with Gasteiger partial charge in [-0.05, 0) is 0 Å². The van der Waals surface area contributed by atoms with Crippen molar-refractivity contribution in [2.24, 2.45) is 0 Å². The van der Waals surface area contributed by atoms with Crippen LogP contribution in [0.4, 0.5) is 4.39 Å². The van der Waals surface area contributed by atoms with E-state index in [9.17, 15) is 4.39 Å². The maximum Gasteiger partial charge on any atom is 0.324 e. The molecule has 0 saturated heterocycles. The number of hydrogen-bond acceptors (Lipinski definition) is 2.